The van der Waals surface area contributed by atoms with Crippen molar-refractivity contribution in [1.82, 2.24) is 10.2 Å². The van der Waals surface area contributed by atoms with E-state index in [9.17, 15) is 0 Å². The number of guanidine groups is 1. The van der Waals surface area contributed by atoms with Gasteiger partial charge in [0, 0.05) is 30.3 Å². The smallest absolute Gasteiger partial charge is 0.193 e. The van der Waals surface area contributed by atoms with Crippen LogP contribution in [-0.2, 0) is 0 Å². The Labute approximate surface area is 150 Å². The number of likely N-dealkylation sites (tertiary alicyclic amines) is 1. The van der Waals surface area contributed by atoms with Crippen molar-refractivity contribution in [2.75, 3.05) is 31.9 Å². The topological polar surface area (TPSA) is 27.6 Å². The molecule has 1 aromatic rings. The van der Waals surface area contributed by atoms with E-state index in [0.29, 0.717) is 0 Å². The second-order valence-electron chi connectivity index (χ2n) is 5.09. The molecular weight excluding hydrogens is 393 g/mol. The molecule has 118 valence electrons. The zero-order chi connectivity index (χ0) is 14.2. The molecule has 21 heavy (non-hydrogen) atoms. The largest absolute Gasteiger partial charge is 0.357 e. The standard InChI is InChI=1S/C16H25N3S.HI/c1-3-17-16(19-11-4-5-12-19)18-10-13-20-15-8-6-14(2)7-9-15;/h6-9H,3-5,10-13H2,1-2H3,(H,17,18);1H. The van der Waals surface area contributed by atoms with Crippen LogP contribution in [0.4, 0.5) is 0 Å². The minimum Gasteiger partial charge on any atom is -0.357 e. The number of rotatable bonds is 5. The van der Waals surface area contributed by atoms with Gasteiger partial charge in [0.15, 0.2) is 5.96 Å². The van der Waals surface area contributed by atoms with Crippen molar-refractivity contribution in [3.05, 3.63) is 29.8 Å². The number of hydrogen-bond donors (Lipinski definition) is 1. The number of thioether (sulfide) groups is 1. The van der Waals surface area contributed by atoms with Crippen LogP contribution in [0.1, 0.15) is 25.3 Å². The lowest BCUT2D eigenvalue weighted by molar-refractivity contribution is 0.494. The first kappa shape index (κ1) is 18.6. The van der Waals surface area contributed by atoms with Crippen LogP contribution in [0.3, 0.4) is 0 Å². The van der Waals surface area contributed by atoms with Gasteiger partial charge in [0.1, 0.15) is 0 Å². The maximum atomic E-state index is 4.74. The molecule has 1 heterocycles. The Morgan fingerprint density at radius 2 is 1.90 bits per heavy atom. The van der Waals surface area contributed by atoms with Gasteiger partial charge in [-0.25, -0.2) is 0 Å². The first-order chi connectivity index (χ1) is 9.79. The van der Waals surface area contributed by atoms with Crippen LogP contribution in [0.25, 0.3) is 0 Å². The third-order valence-electron chi connectivity index (χ3n) is 3.38. The van der Waals surface area contributed by atoms with Gasteiger partial charge in [-0.15, -0.1) is 35.7 Å². The molecule has 0 atom stereocenters. The molecule has 0 aromatic heterocycles. The molecule has 0 unspecified atom stereocenters. The summed E-state index contributed by atoms with van der Waals surface area (Å²) in [5.41, 5.74) is 1.32. The van der Waals surface area contributed by atoms with Crippen molar-refractivity contribution in [2.24, 2.45) is 4.99 Å². The summed E-state index contributed by atoms with van der Waals surface area (Å²) < 4.78 is 0. The Morgan fingerprint density at radius 1 is 1.24 bits per heavy atom. The predicted molar refractivity (Wildman–Crippen MR) is 104 cm³/mol. The maximum absolute atomic E-state index is 4.74. The quantitative estimate of drug-likeness (QED) is 0.259. The van der Waals surface area contributed by atoms with Crippen LogP contribution in [0, 0.1) is 6.92 Å². The average Bonchev–Trinajstić information content (AvgIpc) is 2.98. The fourth-order valence-electron chi connectivity index (χ4n) is 2.30. The molecule has 1 saturated heterocycles. The fraction of sp³-hybridized carbons (Fsp3) is 0.562. The van der Waals surface area contributed by atoms with E-state index in [-0.39, 0.29) is 24.0 Å². The highest BCUT2D eigenvalue weighted by atomic mass is 127. The van der Waals surface area contributed by atoms with E-state index in [1.54, 1.807) is 0 Å². The number of halogens is 1. The van der Waals surface area contributed by atoms with Gasteiger partial charge in [0.2, 0.25) is 0 Å². The number of benzene rings is 1. The molecule has 0 saturated carbocycles. The number of nitrogens with one attached hydrogen (secondary N) is 1. The van der Waals surface area contributed by atoms with Crippen LogP contribution < -0.4 is 5.32 Å². The highest BCUT2D eigenvalue weighted by Crippen LogP contribution is 2.18. The van der Waals surface area contributed by atoms with Gasteiger partial charge >= 0.3 is 0 Å². The summed E-state index contributed by atoms with van der Waals surface area (Å²) in [5, 5.41) is 3.40. The Bertz CT molecular complexity index is 428. The van der Waals surface area contributed by atoms with Crippen molar-refractivity contribution in [3.8, 4) is 0 Å². The van der Waals surface area contributed by atoms with E-state index in [1.165, 1.54) is 23.3 Å². The second kappa shape index (κ2) is 10.3. The van der Waals surface area contributed by atoms with E-state index >= 15 is 0 Å². The lowest BCUT2D eigenvalue weighted by atomic mass is 10.2. The summed E-state index contributed by atoms with van der Waals surface area (Å²) in [6, 6.07) is 8.71. The van der Waals surface area contributed by atoms with Gasteiger partial charge in [-0.05, 0) is 38.8 Å². The number of hydrogen-bond acceptors (Lipinski definition) is 2. The highest BCUT2D eigenvalue weighted by molar-refractivity contribution is 14.0. The molecule has 0 aliphatic carbocycles. The highest BCUT2D eigenvalue weighted by Gasteiger charge is 2.14. The number of aliphatic imine (C=N–C) groups is 1. The van der Waals surface area contributed by atoms with Gasteiger partial charge in [-0.3, -0.25) is 4.99 Å². The molecule has 0 bridgehead atoms. The van der Waals surface area contributed by atoms with Gasteiger partial charge in [0.25, 0.3) is 0 Å². The van der Waals surface area contributed by atoms with Crippen LogP contribution in [0.2, 0.25) is 0 Å². The molecular formula is C16H26IN3S. The molecule has 1 fully saturated rings. The third kappa shape index (κ3) is 6.46. The van der Waals surface area contributed by atoms with Crippen molar-refractivity contribution < 1.29 is 0 Å². The van der Waals surface area contributed by atoms with Crippen LogP contribution >= 0.6 is 35.7 Å². The van der Waals surface area contributed by atoms with Gasteiger partial charge < -0.3 is 10.2 Å². The molecule has 0 amide bonds. The van der Waals surface area contributed by atoms with Gasteiger partial charge in [0.05, 0.1) is 6.54 Å². The first-order valence-electron chi connectivity index (χ1n) is 7.52. The SMILES string of the molecule is CCNC(=NCCSc1ccc(C)cc1)N1CCCC1.I. The summed E-state index contributed by atoms with van der Waals surface area (Å²) in [6.45, 7) is 8.37. The Balaban J connectivity index is 0.00000220. The summed E-state index contributed by atoms with van der Waals surface area (Å²) in [6.07, 6.45) is 2.59. The fourth-order valence-corrected chi connectivity index (χ4v) is 3.05. The third-order valence-corrected chi connectivity index (χ3v) is 4.38. The van der Waals surface area contributed by atoms with Crippen LogP contribution in [-0.4, -0.2) is 42.8 Å². The first-order valence-corrected chi connectivity index (χ1v) is 8.51. The molecule has 1 aliphatic rings. The summed E-state index contributed by atoms with van der Waals surface area (Å²) in [4.78, 5) is 8.44. The molecule has 1 aliphatic heterocycles. The zero-order valence-electron chi connectivity index (χ0n) is 13.0. The number of nitrogens with zero attached hydrogens (tertiary/aromatic N) is 2. The van der Waals surface area contributed by atoms with E-state index < -0.39 is 0 Å². The molecule has 0 spiro atoms. The predicted octanol–water partition coefficient (Wildman–Crippen LogP) is 3.77. The van der Waals surface area contributed by atoms with E-state index in [4.69, 9.17) is 4.99 Å². The molecule has 2 rings (SSSR count). The Kier molecular flexibility index (Phi) is 9.15. The van der Waals surface area contributed by atoms with E-state index in [1.807, 2.05) is 11.8 Å². The molecule has 1 aromatic carbocycles. The lowest BCUT2D eigenvalue weighted by Gasteiger charge is -2.20. The Morgan fingerprint density at radius 3 is 2.52 bits per heavy atom. The zero-order valence-corrected chi connectivity index (χ0v) is 16.1. The molecule has 0 radical (unpaired) electrons. The van der Waals surface area contributed by atoms with Crippen LogP contribution in [0.5, 0.6) is 0 Å². The summed E-state index contributed by atoms with van der Waals surface area (Å²) in [7, 11) is 0. The normalized spacial score (nSPS) is 15.0. The minimum absolute atomic E-state index is 0. The maximum Gasteiger partial charge on any atom is 0.193 e. The molecule has 5 heteroatoms. The lowest BCUT2D eigenvalue weighted by Crippen LogP contribution is -2.39. The average molecular weight is 419 g/mol. The van der Waals surface area contributed by atoms with Crippen molar-refractivity contribution in [1.29, 1.82) is 0 Å². The van der Waals surface area contributed by atoms with Crippen molar-refractivity contribution in [2.45, 2.75) is 31.6 Å². The Hall–Kier alpha value is -0.430. The second-order valence-corrected chi connectivity index (χ2v) is 6.26. The van der Waals surface area contributed by atoms with E-state index in [0.717, 1.165) is 37.9 Å². The van der Waals surface area contributed by atoms with E-state index in [2.05, 4.69) is 48.3 Å². The minimum atomic E-state index is 0. The molecule has 1 N–H and O–H groups in total. The van der Waals surface area contributed by atoms with Gasteiger partial charge in [-0.2, -0.15) is 0 Å². The summed E-state index contributed by atoms with van der Waals surface area (Å²) >= 11 is 1.88. The summed E-state index contributed by atoms with van der Waals surface area (Å²) in [5.74, 6) is 2.13. The van der Waals surface area contributed by atoms with Crippen molar-refractivity contribution >= 4 is 41.7 Å². The van der Waals surface area contributed by atoms with Gasteiger partial charge in [-0.1, -0.05) is 17.7 Å². The number of aryl methyl sites for hydroxylation is 1. The van der Waals surface area contributed by atoms with Crippen molar-refractivity contribution in [3.63, 3.8) is 0 Å². The molecule has 3 nitrogen and oxygen atoms in total. The van der Waals surface area contributed by atoms with Crippen LogP contribution in [0.15, 0.2) is 34.2 Å². The monoisotopic (exact) mass is 419 g/mol.